The first-order valence-electron chi connectivity index (χ1n) is 14.4. The van der Waals surface area contributed by atoms with Crippen LogP contribution in [0.3, 0.4) is 0 Å². The molecule has 0 saturated carbocycles. The zero-order valence-corrected chi connectivity index (χ0v) is 23.4. The zero-order valence-electron chi connectivity index (χ0n) is 23.4. The highest BCUT2D eigenvalue weighted by molar-refractivity contribution is 6.09. The van der Waals surface area contributed by atoms with Gasteiger partial charge in [0.1, 0.15) is 0 Å². The van der Waals surface area contributed by atoms with Gasteiger partial charge in [-0.2, -0.15) is 0 Å². The number of nitrogens with zero attached hydrogens (tertiary/aromatic N) is 2. The van der Waals surface area contributed by atoms with Crippen molar-refractivity contribution >= 4 is 55.2 Å². The number of para-hydroxylation sites is 2. The Morgan fingerprint density at radius 2 is 1.68 bits per heavy atom. The number of benzene rings is 4. The highest BCUT2D eigenvalue weighted by Gasteiger charge is 2.16. The Morgan fingerprint density at radius 3 is 2.59 bits per heavy atom. The summed E-state index contributed by atoms with van der Waals surface area (Å²) in [5, 5.41) is 7.86. The molecule has 0 aliphatic heterocycles. The van der Waals surface area contributed by atoms with Crippen LogP contribution in [0.1, 0.15) is 30.9 Å². The molecule has 0 saturated heterocycles. The van der Waals surface area contributed by atoms with Crippen LogP contribution < -0.4 is 5.32 Å². The van der Waals surface area contributed by atoms with Crippen molar-refractivity contribution in [3.05, 3.63) is 108 Å². The Labute approximate surface area is 238 Å². The molecule has 7 aromatic rings. The van der Waals surface area contributed by atoms with Crippen molar-refractivity contribution in [2.45, 2.75) is 39.7 Å². The smallest absolute Gasteiger partial charge is 0.224 e. The van der Waals surface area contributed by atoms with E-state index in [1.165, 1.54) is 38.3 Å². The second-order valence-electron chi connectivity index (χ2n) is 10.8. The largest absolute Gasteiger partial charge is 0.353 e. The first-order chi connectivity index (χ1) is 20.1. The molecule has 0 spiro atoms. The predicted molar refractivity (Wildman–Crippen MR) is 170 cm³/mol. The molecule has 0 atom stereocenters. The van der Waals surface area contributed by atoms with E-state index in [0.29, 0.717) is 6.42 Å². The topological polar surface area (TPSA) is 62.7 Å². The van der Waals surface area contributed by atoms with Crippen LogP contribution in [0.5, 0.6) is 0 Å². The molecule has 0 fully saturated rings. The minimum absolute atomic E-state index is 0.0324. The fraction of sp³-hybridized carbons (Fsp3) is 0.167. The van der Waals surface area contributed by atoms with Gasteiger partial charge in [0.05, 0.1) is 16.9 Å². The molecule has 0 unspecified atom stereocenters. The summed E-state index contributed by atoms with van der Waals surface area (Å²) in [5.41, 5.74) is 9.72. The van der Waals surface area contributed by atoms with Gasteiger partial charge in [0.25, 0.3) is 0 Å². The molecular weight excluding hydrogens is 504 g/mol. The SMILES string of the molecule is CCn1c2ccccc2c2cc(NC(=O)CCCc3c(-c4ccc5ccccc5n4)[nH]c4ccc(C)cc34)ccc21. The van der Waals surface area contributed by atoms with Gasteiger partial charge in [-0.15, -0.1) is 0 Å². The quantitative estimate of drug-likeness (QED) is 0.214. The lowest BCUT2D eigenvalue weighted by Crippen LogP contribution is -2.11. The van der Waals surface area contributed by atoms with Crippen LogP contribution in [-0.2, 0) is 17.8 Å². The van der Waals surface area contributed by atoms with E-state index in [1.807, 2.05) is 24.3 Å². The van der Waals surface area contributed by atoms with Crippen LogP contribution >= 0.6 is 0 Å². The number of hydrogen-bond donors (Lipinski definition) is 2. The molecule has 1 amide bonds. The van der Waals surface area contributed by atoms with Crippen LogP contribution in [0.4, 0.5) is 5.69 Å². The van der Waals surface area contributed by atoms with E-state index in [9.17, 15) is 4.79 Å². The second-order valence-corrected chi connectivity index (χ2v) is 10.8. The summed E-state index contributed by atoms with van der Waals surface area (Å²) in [6.07, 6.45) is 1.96. The normalized spacial score (nSPS) is 11.7. The van der Waals surface area contributed by atoms with Gasteiger partial charge in [0.15, 0.2) is 0 Å². The van der Waals surface area contributed by atoms with Gasteiger partial charge in [-0.25, -0.2) is 4.98 Å². The summed E-state index contributed by atoms with van der Waals surface area (Å²) in [5.74, 6) is 0.0324. The van der Waals surface area contributed by atoms with E-state index < -0.39 is 0 Å². The van der Waals surface area contributed by atoms with E-state index in [2.05, 4.69) is 102 Å². The molecule has 2 N–H and O–H groups in total. The predicted octanol–water partition coefficient (Wildman–Crippen LogP) is 8.78. The van der Waals surface area contributed by atoms with Crippen molar-refractivity contribution in [2.24, 2.45) is 0 Å². The maximum absolute atomic E-state index is 13.1. The molecule has 3 aromatic heterocycles. The number of H-pyrrole nitrogens is 1. The maximum atomic E-state index is 13.1. The third-order valence-corrected chi connectivity index (χ3v) is 8.12. The number of hydrogen-bond acceptors (Lipinski definition) is 2. The average Bonchev–Trinajstić information content (AvgIpc) is 3.51. The Morgan fingerprint density at radius 1 is 0.854 bits per heavy atom. The van der Waals surface area contributed by atoms with Gasteiger partial charge in [-0.1, -0.05) is 54.1 Å². The van der Waals surface area contributed by atoms with E-state index >= 15 is 0 Å². The van der Waals surface area contributed by atoms with Gasteiger partial charge in [0, 0.05) is 56.7 Å². The molecule has 0 aliphatic rings. The minimum Gasteiger partial charge on any atom is -0.353 e. The Bertz CT molecular complexity index is 2080. The molecule has 41 heavy (non-hydrogen) atoms. The Kier molecular flexibility index (Phi) is 6.27. The van der Waals surface area contributed by atoms with Crippen molar-refractivity contribution in [3.63, 3.8) is 0 Å². The van der Waals surface area contributed by atoms with E-state index in [0.717, 1.165) is 52.9 Å². The number of anilines is 1. The van der Waals surface area contributed by atoms with Crippen molar-refractivity contribution in [1.82, 2.24) is 14.5 Å². The molecule has 202 valence electrons. The van der Waals surface area contributed by atoms with Gasteiger partial charge in [0.2, 0.25) is 5.91 Å². The summed E-state index contributed by atoms with van der Waals surface area (Å²) in [6.45, 7) is 5.18. The fourth-order valence-corrected chi connectivity index (χ4v) is 6.17. The van der Waals surface area contributed by atoms with Gasteiger partial charge >= 0.3 is 0 Å². The maximum Gasteiger partial charge on any atom is 0.224 e. The molecule has 7 rings (SSSR count). The highest BCUT2D eigenvalue weighted by Crippen LogP contribution is 2.33. The first kappa shape index (κ1) is 25.1. The van der Waals surface area contributed by atoms with Crippen LogP contribution in [-0.4, -0.2) is 20.4 Å². The number of rotatable bonds is 7. The average molecular weight is 537 g/mol. The summed E-state index contributed by atoms with van der Waals surface area (Å²) in [7, 11) is 0. The number of carbonyl (C=O) groups excluding carboxylic acids is 1. The monoisotopic (exact) mass is 536 g/mol. The molecule has 0 bridgehead atoms. The van der Waals surface area contributed by atoms with Gasteiger partial charge < -0.3 is 14.9 Å². The lowest BCUT2D eigenvalue weighted by atomic mass is 10.0. The number of carbonyl (C=O) groups is 1. The van der Waals surface area contributed by atoms with Crippen molar-refractivity contribution < 1.29 is 4.79 Å². The molecule has 5 heteroatoms. The molecule has 4 aromatic carbocycles. The Balaban J connectivity index is 1.13. The van der Waals surface area contributed by atoms with Gasteiger partial charge in [-0.3, -0.25) is 4.79 Å². The van der Waals surface area contributed by atoms with Crippen molar-refractivity contribution in [1.29, 1.82) is 0 Å². The van der Waals surface area contributed by atoms with Crippen molar-refractivity contribution in [2.75, 3.05) is 5.32 Å². The lowest BCUT2D eigenvalue weighted by molar-refractivity contribution is -0.116. The van der Waals surface area contributed by atoms with Crippen LogP contribution in [0.2, 0.25) is 0 Å². The number of aryl methyl sites for hydroxylation is 3. The number of pyridine rings is 1. The number of aromatic amines is 1. The molecule has 3 heterocycles. The van der Waals surface area contributed by atoms with E-state index in [1.54, 1.807) is 0 Å². The zero-order chi connectivity index (χ0) is 27.9. The number of amides is 1. The summed E-state index contributed by atoms with van der Waals surface area (Å²) < 4.78 is 2.32. The van der Waals surface area contributed by atoms with E-state index in [-0.39, 0.29) is 5.91 Å². The number of aromatic nitrogens is 3. The fourth-order valence-electron chi connectivity index (χ4n) is 6.17. The molecule has 5 nitrogen and oxygen atoms in total. The van der Waals surface area contributed by atoms with Crippen LogP contribution in [0, 0.1) is 6.92 Å². The van der Waals surface area contributed by atoms with Crippen LogP contribution in [0.25, 0.3) is 55.0 Å². The third-order valence-electron chi connectivity index (χ3n) is 8.12. The summed E-state index contributed by atoms with van der Waals surface area (Å²) in [6, 6.07) is 33.6. The van der Waals surface area contributed by atoms with Gasteiger partial charge in [-0.05, 0) is 80.8 Å². The molecular formula is C36H32N4O. The standard InChI is InChI=1S/C36H32N4O/c1-3-40-33-13-7-5-10-26(33)29-22-25(17-20-34(29)40)37-35(41)14-8-11-27-28-21-23(2)15-18-31(28)39-36(27)32-19-16-24-9-4-6-12-30(24)38-32/h4-7,9-10,12-13,15-22,39H,3,8,11,14H2,1-2H3,(H,37,41). The second kappa shape index (κ2) is 10.3. The van der Waals surface area contributed by atoms with E-state index in [4.69, 9.17) is 4.98 Å². The summed E-state index contributed by atoms with van der Waals surface area (Å²) in [4.78, 5) is 21.7. The number of fused-ring (bicyclic) bond motifs is 5. The molecule has 0 aliphatic carbocycles. The lowest BCUT2D eigenvalue weighted by Gasteiger charge is -2.08. The van der Waals surface area contributed by atoms with Crippen molar-refractivity contribution in [3.8, 4) is 11.4 Å². The molecule has 0 radical (unpaired) electrons. The highest BCUT2D eigenvalue weighted by atomic mass is 16.1. The number of nitrogens with one attached hydrogen (secondary N) is 2. The summed E-state index contributed by atoms with van der Waals surface area (Å²) >= 11 is 0. The Hall–Kier alpha value is -4.90. The minimum atomic E-state index is 0.0324. The van der Waals surface area contributed by atoms with Crippen LogP contribution in [0.15, 0.2) is 97.1 Å². The third kappa shape index (κ3) is 4.53. The first-order valence-corrected chi connectivity index (χ1v) is 14.4.